The SMILES string of the molecule is CC(C)C[C@]1(F)CCC[C@H](C)C1. The first-order valence-electron chi connectivity index (χ1n) is 5.21. The van der Waals surface area contributed by atoms with E-state index < -0.39 is 5.67 Å². The van der Waals surface area contributed by atoms with Crippen molar-refractivity contribution < 1.29 is 4.39 Å². The van der Waals surface area contributed by atoms with E-state index in [9.17, 15) is 4.39 Å². The van der Waals surface area contributed by atoms with Gasteiger partial charge >= 0.3 is 0 Å². The van der Waals surface area contributed by atoms with E-state index in [-0.39, 0.29) is 0 Å². The molecule has 0 unspecified atom stereocenters. The lowest BCUT2D eigenvalue weighted by atomic mass is 9.76. The fourth-order valence-corrected chi connectivity index (χ4v) is 2.51. The van der Waals surface area contributed by atoms with Crippen molar-refractivity contribution in [1.82, 2.24) is 0 Å². The van der Waals surface area contributed by atoms with Crippen molar-refractivity contribution in [2.24, 2.45) is 11.8 Å². The third-order valence-electron chi connectivity index (χ3n) is 2.81. The molecule has 0 heterocycles. The van der Waals surface area contributed by atoms with Crippen LogP contribution < -0.4 is 0 Å². The van der Waals surface area contributed by atoms with E-state index in [1.807, 2.05) is 0 Å². The van der Waals surface area contributed by atoms with Crippen molar-refractivity contribution in [2.45, 2.75) is 58.5 Å². The van der Waals surface area contributed by atoms with E-state index >= 15 is 0 Å². The number of halogens is 1. The Morgan fingerprint density at radius 1 is 1.50 bits per heavy atom. The molecule has 0 nitrogen and oxygen atoms in total. The van der Waals surface area contributed by atoms with Crippen molar-refractivity contribution in [3.05, 3.63) is 0 Å². The second-order valence-corrected chi connectivity index (χ2v) is 4.95. The van der Waals surface area contributed by atoms with Crippen molar-refractivity contribution in [1.29, 1.82) is 0 Å². The van der Waals surface area contributed by atoms with Crippen LogP contribution in [0.1, 0.15) is 52.9 Å². The highest BCUT2D eigenvalue weighted by molar-refractivity contribution is 4.86. The molecule has 0 aromatic rings. The summed E-state index contributed by atoms with van der Waals surface area (Å²) in [5.41, 5.74) is -0.828. The molecular formula is C11H21F. The molecule has 1 aliphatic rings. The normalized spacial score (nSPS) is 37.2. The highest BCUT2D eigenvalue weighted by Crippen LogP contribution is 2.39. The second-order valence-electron chi connectivity index (χ2n) is 4.95. The van der Waals surface area contributed by atoms with Crippen LogP contribution in [0.15, 0.2) is 0 Å². The third-order valence-corrected chi connectivity index (χ3v) is 2.81. The van der Waals surface area contributed by atoms with Crippen LogP contribution in [0.5, 0.6) is 0 Å². The summed E-state index contributed by atoms with van der Waals surface area (Å²) in [7, 11) is 0. The van der Waals surface area contributed by atoms with Crippen molar-refractivity contribution >= 4 is 0 Å². The van der Waals surface area contributed by atoms with Crippen LogP contribution in [-0.4, -0.2) is 5.67 Å². The molecule has 12 heavy (non-hydrogen) atoms. The molecule has 0 aromatic heterocycles. The van der Waals surface area contributed by atoms with Gasteiger partial charge in [-0.1, -0.05) is 33.6 Å². The summed E-state index contributed by atoms with van der Waals surface area (Å²) in [5.74, 6) is 1.10. The van der Waals surface area contributed by atoms with Crippen LogP contribution in [-0.2, 0) is 0 Å². The average Bonchev–Trinajstić information content (AvgIpc) is 1.82. The van der Waals surface area contributed by atoms with E-state index in [1.165, 1.54) is 6.42 Å². The minimum absolute atomic E-state index is 0.500. The molecule has 2 atom stereocenters. The van der Waals surface area contributed by atoms with Gasteiger partial charge in [-0.05, 0) is 31.1 Å². The Morgan fingerprint density at radius 2 is 2.17 bits per heavy atom. The Bertz CT molecular complexity index is 138. The Balaban J connectivity index is 2.45. The summed E-state index contributed by atoms with van der Waals surface area (Å²) in [6.07, 6.45) is 4.67. The molecule has 1 heteroatoms. The molecule has 1 saturated carbocycles. The van der Waals surface area contributed by atoms with Gasteiger partial charge < -0.3 is 0 Å². The largest absolute Gasteiger partial charge is 0.244 e. The van der Waals surface area contributed by atoms with Gasteiger partial charge in [0, 0.05) is 0 Å². The minimum Gasteiger partial charge on any atom is -0.244 e. The number of alkyl halides is 1. The molecule has 0 bridgehead atoms. The molecular weight excluding hydrogens is 151 g/mol. The summed E-state index contributed by atoms with van der Waals surface area (Å²) >= 11 is 0. The zero-order valence-electron chi connectivity index (χ0n) is 8.57. The van der Waals surface area contributed by atoms with Gasteiger partial charge in [0.1, 0.15) is 5.67 Å². The summed E-state index contributed by atoms with van der Waals surface area (Å²) in [5, 5.41) is 0. The lowest BCUT2D eigenvalue weighted by molar-refractivity contribution is 0.0581. The molecule has 0 N–H and O–H groups in total. The average molecular weight is 172 g/mol. The van der Waals surface area contributed by atoms with Crippen LogP contribution in [0.4, 0.5) is 4.39 Å². The van der Waals surface area contributed by atoms with Gasteiger partial charge in [0.2, 0.25) is 0 Å². The van der Waals surface area contributed by atoms with Crippen molar-refractivity contribution in [3.8, 4) is 0 Å². The van der Waals surface area contributed by atoms with Gasteiger partial charge in [0.05, 0.1) is 0 Å². The molecule has 0 radical (unpaired) electrons. The van der Waals surface area contributed by atoms with Gasteiger partial charge in [-0.15, -0.1) is 0 Å². The van der Waals surface area contributed by atoms with Gasteiger partial charge in [-0.2, -0.15) is 0 Å². The fourth-order valence-electron chi connectivity index (χ4n) is 2.51. The first-order valence-corrected chi connectivity index (χ1v) is 5.21. The van der Waals surface area contributed by atoms with Crippen molar-refractivity contribution in [3.63, 3.8) is 0 Å². The fraction of sp³-hybridized carbons (Fsp3) is 1.00. The van der Waals surface area contributed by atoms with E-state index in [2.05, 4.69) is 20.8 Å². The Morgan fingerprint density at radius 3 is 2.67 bits per heavy atom. The number of hydrogen-bond donors (Lipinski definition) is 0. The van der Waals surface area contributed by atoms with Gasteiger partial charge in [0.15, 0.2) is 0 Å². The maximum atomic E-state index is 14.1. The van der Waals surface area contributed by atoms with Crippen LogP contribution in [0.3, 0.4) is 0 Å². The third kappa shape index (κ3) is 2.76. The maximum Gasteiger partial charge on any atom is 0.111 e. The van der Waals surface area contributed by atoms with Crippen LogP contribution in [0, 0.1) is 11.8 Å². The van der Waals surface area contributed by atoms with E-state index in [4.69, 9.17) is 0 Å². The molecule has 1 fully saturated rings. The maximum absolute atomic E-state index is 14.1. The lowest BCUT2D eigenvalue weighted by Crippen LogP contribution is -2.31. The Hall–Kier alpha value is -0.0700. The van der Waals surface area contributed by atoms with Crippen LogP contribution in [0.2, 0.25) is 0 Å². The highest BCUT2D eigenvalue weighted by Gasteiger charge is 2.34. The molecule has 1 aliphatic carbocycles. The van der Waals surface area contributed by atoms with Crippen molar-refractivity contribution in [2.75, 3.05) is 0 Å². The van der Waals surface area contributed by atoms with E-state index in [0.717, 1.165) is 25.7 Å². The predicted molar refractivity (Wildman–Crippen MR) is 50.9 cm³/mol. The molecule has 72 valence electrons. The van der Waals surface area contributed by atoms with Crippen LogP contribution in [0.25, 0.3) is 0 Å². The number of hydrogen-bond acceptors (Lipinski definition) is 0. The molecule has 1 rings (SSSR count). The predicted octanol–water partition coefficient (Wildman–Crippen LogP) is 3.95. The highest BCUT2D eigenvalue weighted by atomic mass is 19.1. The molecule has 0 aromatic carbocycles. The monoisotopic (exact) mass is 172 g/mol. The molecule has 0 aliphatic heterocycles. The molecule has 0 amide bonds. The zero-order chi connectivity index (χ0) is 9.19. The Labute approximate surface area is 75.5 Å². The summed E-state index contributed by atoms with van der Waals surface area (Å²) in [6, 6.07) is 0. The standard InChI is InChI=1S/C11H21F/c1-9(2)7-11(12)6-4-5-10(3)8-11/h9-10H,4-8H2,1-3H3/t10-,11+/m0/s1. The second kappa shape index (κ2) is 3.76. The summed E-state index contributed by atoms with van der Waals surface area (Å²) < 4.78 is 14.1. The quantitative estimate of drug-likeness (QED) is 0.591. The lowest BCUT2D eigenvalue weighted by Gasteiger charge is -2.34. The van der Waals surface area contributed by atoms with Gasteiger partial charge in [0.25, 0.3) is 0 Å². The van der Waals surface area contributed by atoms with E-state index in [0.29, 0.717) is 11.8 Å². The van der Waals surface area contributed by atoms with E-state index in [1.54, 1.807) is 0 Å². The smallest absolute Gasteiger partial charge is 0.111 e. The first kappa shape index (κ1) is 10.0. The summed E-state index contributed by atoms with van der Waals surface area (Å²) in [6.45, 7) is 6.40. The molecule has 0 spiro atoms. The first-order chi connectivity index (χ1) is 5.52. The number of rotatable bonds is 2. The summed E-state index contributed by atoms with van der Waals surface area (Å²) in [4.78, 5) is 0. The van der Waals surface area contributed by atoms with Gasteiger partial charge in [-0.3, -0.25) is 0 Å². The molecule has 0 saturated heterocycles. The van der Waals surface area contributed by atoms with Gasteiger partial charge in [-0.25, -0.2) is 4.39 Å². The Kier molecular flexibility index (Phi) is 3.14. The van der Waals surface area contributed by atoms with Crippen LogP contribution >= 0.6 is 0 Å². The topological polar surface area (TPSA) is 0 Å². The minimum atomic E-state index is -0.828. The zero-order valence-corrected chi connectivity index (χ0v) is 8.57.